The number of rotatable bonds is 1. The van der Waals surface area contributed by atoms with Crippen LogP contribution in [-0.2, 0) is 0 Å². The van der Waals surface area contributed by atoms with Crippen molar-refractivity contribution in [2.45, 2.75) is 0 Å². The highest BCUT2D eigenvalue weighted by Crippen LogP contribution is 2.20. The van der Waals surface area contributed by atoms with Gasteiger partial charge in [-0.1, -0.05) is 15.9 Å². The van der Waals surface area contributed by atoms with E-state index in [2.05, 4.69) is 15.9 Å². The van der Waals surface area contributed by atoms with Gasteiger partial charge in [-0.2, -0.15) is 10.5 Å². The highest BCUT2D eigenvalue weighted by Gasteiger charge is 2.00. The topological polar surface area (TPSA) is 47.6 Å². The number of halogens is 2. The second-order valence-corrected chi connectivity index (χ2v) is 3.30. The molecule has 0 unspecified atom stereocenters. The lowest BCUT2D eigenvalue weighted by atomic mass is 10.1. The number of benzene rings is 1. The van der Waals surface area contributed by atoms with Crippen molar-refractivity contribution < 1.29 is 4.39 Å². The molecule has 0 saturated heterocycles. The van der Waals surface area contributed by atoms with Crippen LogP contribution in [-0.4, -0.2) is 0 Å². The molecule has 68 valence electrons. The van der Waals surface area contributed by atoms with E-state index in [1.54, 1.807) is 12.1 Å². The quantitative estimate of drug-likeness (QED) is 0.720. The Morgan fingerprint density at radius 1 is 1.36 bits per heavy atom. The number of nitriles is 2. The van der Waals surface area contributed by atoms with E-state index in [4.69, 9.17) is 10.5 Å². The van der Waals surface area contributed by atoms with Gasteiger partial charge in [-0.25, -0.2) is 4.39 Å². The van der Waals surface area contributed by atoms with Crippen LogP contribution in [0.15, 0.2) is 28.2 Å². The van der Waals surface area contributed by atoms with Crippen molar-refractivity contribution in [1.82, 2.24) is 0 Å². The SMILES string of the molecule is N#CC(C#N)=Cc1cc(F)ccc1Br. The van der Waals surface area contributed by atoms with Crippen LogP contribution in [0.4, 0.5) is 4.39 Å². The summed E-state index contributed by atoms with van der Waals surface area (Å²) in [6, 6.07) is 7.47. The molecule has 1 aromatic rings. The molecule has 1 aromatic carbocycles. The predicted molar refractivity (Wildman–Crippen MR) is 53.3 cm³/mol. The van der Waals surface area contributed by atoms with Gasteiger partial charge in [0.2, 0.25) is 0 Å². The first-order valence-electron chi connectivity index (χ1n) is 3.64. The van der Waals surface area contributed by atoms with Crippen LogP contribution in [0.25, 0.3) is 6.08 Å². The van der Waals surface area contributed by atoms with E-state index < -0.39 is 5.82 Å². The molecule has 0 atom stereocenters. The summed E-state index contributed by atoms with van der Waals surface area (Å²) in [6.07, 6.45) is 1.33. The molecule has 14 heavy (non-hydrogen) atoms. The molecule has 2 nitrogen and oxygen atoms in total. The number of hydrogen-bond donors (Lipinski definition) is 0. The average molecular weight is 251 g/mol. The molecule has 4 heteroatoms. The summed E-state index contributed by atoms with van der Waals surface area (Å²) in [7, 11) is 0. The zero-order valence-corrected chi connectivity index (χ0v) is 8.55. The number of nitrogens with zero attached hydrogens (tertiary/aromatic N) is 2. The summed E-state index contributed by atoms with van der Waals surface area (Å²) in [5.74, 6) is -0.408. The number of hydrogen-bond acceptors (Lipinski definition) is 2. The van der Waals surface area contributed by atoms with Gasteiger partial charge in [0.1, 0.15) is 23.5 Å². The second kappa shape index (κ2) is 4.55. The summed E-state index contributed by atoms with van der Waals surface area (Å²) < 4.78 is 13.4. The van der Waals surface area contributed by atoms with Crippen molar-refractivity contribution in [3.8, 4) is 12.1 Å². The van der Waals surface area contributed by atoms with Crippen molar-refractivity contribution >= 4 is 22.0 Å². The second-order valence-electron chi connectivity index (χ2n) is 2.45. The van der Waals surface area contributed by atoms with E-state index in [0.29, 0.717) is 10.0 Å². The highest BCUT2D eigenvalue weighted by molar-refractivity contribution is 9.10. The molecule has 0 spiro atoms. The Labute approximate surface area is 89.0 Å². The van der Waals surface area contributed by atoms with Crippen LogP contribution < -0.4 is 0 Å². The maximum absolute atomic E-state index is 12.8. The third kappa shape index (κ3) is 2.42. The molecule has 0 aliphatic heterocycles. The summed E-state index contributed by atoms with van der Waals surface area (Å²) in [5, 5.41) is 17.0. The van der Waals surface area contributed by atoms with Crippen molar-refractivity contribution in [3.63, 3.8) is 0 Å². The predicted octanol–water partition coefficient (Wildman–Crippen LogP) is 3.02. The summed E-state index contributed by atoms with van der Waals surface area (Å²) in [5.41, 5.74) is 0.416. The summed E-state index contributed by atoms with van der Waals surface area (Å²) in [6.45, 7) is 0. The van der Waals surface area contributed by atoms with Gasteiger partial charge in [-0.3, -0.25) is 0 Å². The lowest BCUT2D eigenvalue weighted by Gasteiger charge is -1.97. The van der Waals surface area contributed by atoms with Gasteiger partial charge in [0.25, 0.3) is 0 Å². The standard InChI is InChI=1S/C10H4BrFN2/c11-10-2-1-9(12)4-8(10)3-7(5-13)6-14/h1-4H. The Morgan fingerprint density at radius 3 is 2.57 bits per heavy atom. The van der Waals surface area contributed by atoms with Crippen molar-refractivity contribution in [2.75, 3.05) is 0 Å². The van der Waals surface area contributed by atoms with Gasteiger partial charge in [-0.05, 0) is 29.8 Å². The zero-order valence-electron chi connectivity index (χ0n) is 6.96. The Balaban J connectivity index is 3.22. The highest BCUT2D eigenvalue weighted by atomic mass is 79.9. The molecule has 1 rings (SSSR count). The molecular formula is C10H4BrFN2. The molecule has 0 heterocycles. The van der Waals surface area contributed by atoms with Gasteiger partial charge in [0.15, 0.2) is 0 Å². The molecular weight excluding hydrogens is 247 g/mol. The Bertz CT molecular complexity index is 450. The van der Waals surface area contributed by atoms with Crippen molar-refractivity contribution in [3.05, 3.63) is 39.6 Å². The maximum Gasteiger partial charge on any atom is 0.130 e. The molecule has 0 saturated carbocycles. The van der Waals surface area contributed by atoms with Gasteiger partial charge in [0, 0.05) is 4.47 Å². The molecule has 0 aliphatic carbocycles. The van der Waals surface area contributed by atoms with Crippen LogP contribution in [0.3, 0.4) is 0 Å². The van der Waals surface area contributed by atoms with Crippen LogP contribution in [0, 0.1) is 28.5 Å². The smallest absolute Gasteiger partial charge is 0.130 e. The molecule has 0 bridgehead atoms. The molecule has 0 fully saturated rings. The van der Waals surface area contributed by atoms with E-state index >= 15 is 0 Å². The molecule has 0 N–H and O–H groups in total. The van der Waals surface area contributed by atoms with E-state index in [1.165, 1.54) is 24.3 Å². The van der Waals surface area contributed by atoms with E-state index in [1.807, 2.05) is 0 Å². The monoisotopic (exact) mass is 250 g/mol. The third-order valence-corrected chi connectivity index (χ3v) is 2.22. The molecule has 0 radical (unpaired) electrons. The minimum Gasteiger partial charge on any atom is -0.207 e. The normalized spacial score (nSPS) is 8.57. The first kappa shape index (κ1) is 10.4. The fraction of sp³-hybridized carbons (Fsp3) is 0. The fourth-order valence-corrected chi connectivity index (χ4v) is 1.23. The first-order chi connectivity index (χ1) is 6.67. The Morgan fingerprint density at radius 2 is 2.00 bits per heavy atom. The van der Waals surface area contributed by atoms with E-state index in [-0.39, 0.29) is 5.57 Å². The molecule has 0 amide bonds. The first-order valence-corrected chi connectivity index (χ1v) is 4.43. The van der Waals surface area contributed by atoms with Crippen LogP contribution in [0.5, 0.6) is 0 Å². The lowest BCUT2D eigenvalue weighted by Crippen LogP contribution is -1.81. The summed E-state index contributed by atoms with van der Waals surface area (Å²) >= 11 is 3.19. The van der Waals surface area contributed by atoms with Gasteiger partial charge in [-0.15, -0.1) is 0 Å². The third-order valence-electron chi connectivity index (χ3n) is 1.50. The van der Waals surface area contributed by atoms with Crippen LogP contribution in [0.1, 0.15) is 5.56 Å². The minimum atomic E-state index is -0.408. The maximum atomic E-state index is 12.8. The van der Waals surface area contributed by atoms with Gasteiger partial charge >= 0.3 is 0 Å². The Hall–Kier alpha value is -1.65. The lowest BCUT2D eigenvalue weighted by molar-refractivity contribution is 0.627. The number of allylic oxidation sites excluding steroid dienone is 1. The summed E-state index contributed by atoms with van der Waals surface area (Å²) in [4.78, 5) is 0. The van der Waals surface area contributed by atoms with Crippen molar-refractivity contribution in [2.24, 2.45) is 0 Å². The molecule has 0 aromatic heterocycles. The van der Waals surface area contributed by atoms with Crippen LogP contribution in [0.2, 0.25) is 0 Å². The van der Waals surface area contributed by atoms with E-state index in [9.17, 15) is 4.39 Å². The fourth-order valence-electron chi connectivity index (χ4n) is 0.870. The minimum absolute atomic E-state index is 0.0590. The average Bonchev–Trinajstić information content (AvgIpc) is 2.19. The van der Waals surface area contributed by atoms with Crippen LogP contribution >= 0.6 is 15.9 Å². The Kier molecular flexibility index (Phi) is 3.39. The molecule has 0 aliphatic rings. The van der Waals surface area contributed by atoms with E-state index in [0.717, 1.165) is 0 Å². The van der Waals surface area contributed by atoms with Gasteiger partial charge in [0.05, 0.1) is 0 Å². The van der Waals surface area contributed by atoms with Crippen molar-refractivity contribution in [1.29, 1.82) is 10.5 Å². The zero-order chi connectivity index (χ0) is 10.6. The van der Waals surface area contributed by atoms with Gasteiger partial charge < -0.3 is 0 Å². The largest absolute Gasteiger partial charge is 0.207 e.